The predicted molar refractivity (Wildman–Crippen MR) is 137 cm³/mol. The second-order valence-corrected chi connectivity index (χ2v) is 9.18. The average molecular weight is 466 g/mol. The maximum atomic E-state index is 12.9. The van der Waals surface area contributed by atoms with Crippen LogP contribution in [0.5, 0.6) is 0 Å². The first-order valence-corrected chi connectivity index (χ1v) is 12.0. The molecule has 7 heteroatoms. The summed E-state index contributed by atoms with van der Waals surface area (Å²) in [5.41, 5.74) is 3.70. The van der Waals surface area contributed by atoms with Gasteiger partial charge in [0.25, 0.3) is 0 Å². The molecule has 166 valence electrons. The number of carbonyl (C=O) groups is 1. The Hall–Kier alpha value is -2.90. The number of carbonyl (C=O) groups excluding carboxylic acids is 1. The van der Waals surface area contributed by atoms with Crippen LogP contribution in [0.2, 0.25) is 0 Å². The molecule has 1 aliphatic heterocycles. The van der Waals surface area contributed by atoms with E-state index in [1.54, 1.807) is 11.3 Å². The van der Waals surface area contributed by atoms with E-state index in [-0.39, 0.29) is 5.97 Å². The number of nitrogens with zero attached hydrogens (tertiary/aromatic N) is 2. The van der Waals surface area contributed by atoms with Gasteiger partial charge >= 0.3 is 5.97 Å². The monoisotopic (exact) mass is 465 g/mol. The van der Waals surface area contributed by atoms with E-state index < -0.39 is 0 Å². The number of thiocarbonyl (C=S) groups is 1. The molecule has 2 aromatic carbocycles. The molecule has 1 aliphatic rings. The van der Waals surface area contributed by atoms with Gasteiger partial charge in [0.15, 0.2) is 5.11 Å². The Morgan fingerprint density at radius 1 is 1.03 bits per heavy atom. The Morgan fingerprint density at radius 3 is 2.28 bits per heavy atom. The molecule has 5 nitrogen and oxygen atoms in total. The van der Waals surface area contributed by atoms with Crippen molar-refractivity contribution >= 4 is 45.3 Å². The maximum absolute atomic E-state index is 12.9. The molecule has 2 heterocycles. The standard InChI is InChI=1S/C25H27N3O2S2/c1-3-30-24(29)22-21(19-10-6-4-7-11-19)18(2)32-23(22)26-25(31)28-16-14-27(15-17-28)20-12-8-5-9-13-20/h4-13H,3,14-17H2,1-2H3,(H,26,31). The van der Waals surface area contributed by atoms with Crippen LogP contribution in [0.4, 0.5) is 10.7 Å². The summed E-state index contributed by atoms with van der Waals surface area (Å²) in [6.07, 6.45) is 0. The van der Waals surface area contributed by atoms with Gasteiger partial charge in [0.1, 0.15) is 10.6 Å². The van der Waals surface area contributed by atoms with E-state index in [0.717, 1.165) is 47.2 Å². The van der Waals surface area contributed by atoms with Crippen LogP contribution in [-0.4, -0.2) is 48.8 Å². The highest BCUT2D eigenvalue weighted by atomic mass is 32.1. The lowest BCUT2D eigenvalue weighted by Crippen LogP contribution is -2.50. The molecule has 1 fully saturated rings. The zero-order valence-corrected chi connectivity index (χ0v) is 20.0. The number of hydrogen-bond acceptors (Lipinski definition) is 5. The average Bonchev–Trinajstić information content (AvgIpc) is 3.16. The molecule has 0 unspecified atom stereocenters. The van der Waals surface area contributed by atoms with E-state index in [4.69, 9.17) is 17.0 Å². The smallest absolute Gasteiger partial charge is 0.341 e. The lowest BCUT2D eigenvalue weighted by atomic mass is 10.0. The summed E-state index contributed by atoms with van der Waals surface area (Å²) in [4.78, 5) is 18.5. The number of nitrogens with one attached hydrogen (secondary N) is 1. The van der Waals surface area contributed by atoms with Crippen LogP contribution in [0.1, 0.15) is 22.2 Å². The Kier molecular flexibility index (Phi) is 7.07. The Morgan fingerprint density at radius 2 is 1.66 bits per heavy atom. The molecule has 0 aliphatic carbocycles. The van der Waals surface area contributed by atoms with E-state index in [1.807, 2.05) is 50.2 Å². The van der Waals surface area contributed by atoms with E-state index >= 15 is 0 Å². The molecule has 4 rings (SSSR count). The lowest BCUT2D eigenvalue weighted by molar-refractivity contribution is 0.0529. The zero-order chi connectivity index (χ0) is 22.5. The van der Waals surface area contributed by atoms with Crippen molar-refractivity contribution in [3.05, 3.63) is 71.1 Å². The Labute approximate surface area is 198 Å². The summed E-state index contributed by atoms with van der Waals surface area (Å²) in [5.74, 6) is -0.324. The number of aryl methyl sites for hydroxylation is 1. The van der Waals surface area contributed by atoms with Gasteiger partial charge in [0, 0.05) is 42.3 Å². The maximum Gasteiger partial charge on any atom is 0.341 e. The number of hydrogen-bond donors (Lipinski definition) is 1. The van der Waals surface area contributed by atoms with Crippen LogP contribution in [-0.2, 0) is 4.74 Å². The number of ether oxygens (including phenoxy) is 1. The summed E-state index contributed by atoms with van der Waals surface area (Å²) >= 11 is 7.29. The van der Waals surface area contributed by atoms with E-state index in [9.17, 15) is 4.79 Å². The first-order valence-electron chi connectivity index (χ1n) is 10.8. The first-order chi connectivity index (χ1) is 15.6. The van der Waals surface area contributed by atoms with Gasteiger partial charge in [-0.2, -0.15) is 0 Å². The van der Waals surface area contributed by atoms with Gasteiger partial charge in [0.05, 0.1) is 6.61 Å². The van der Waals surface area contributed by atoms with Crippen LogP contribution < -0.4 is 10.2 Å². The molecule has 32 heavy (non-hydrogen) atoms. The SMILES string of the molecule is CCOC(=O)c1c(NC(=S)N2CCN(c3ccccc3)CC2)sc(C)c1-c1ccccc1. The van der Waals surface area contributed by atoms with Crippen molar-refractivity contribution in [2.45, 2.75) is 13.8 Å². The Bertz CT molecular complexity index is 1080. The fraction of sp³-hybridized carbons (Fsp3) is 0.280. The van der Waals surface area contributed by atoms with Crippen molar-refractivity contribution in [2.24, 2.45) is 0 Å². The summed E-state index contributed by atoms with van der Waals surface area (Å²) < 4.78 is 5.40. The molecular weight excluding hydrogens is 438 g/mol. The third-order valence-corrected chi connectivity index (χ3v) is 6.92. The van der Waals surface area contributed by atoms with Crippen LogP contribution in [0, 0.1) is 6.92 Å². The summed E-state index contributed by atoms with van der Waals surface area (Å²) in [6.45, 7) is 7.63. The molecule has 0 amide bonds. The molecule has 0 atom stereocenters. The normalized spacial score (nSPS) is 13.7. The van der Waals surface area contributed by atoms with E-state index in [2.05, 4.69) is 39.4 Å². The largest absolute Gasteiger partial charge is 0.462 e. The van der Waals surface area contributed by atoms with Gasteiger partial charge in [-0.1, -0.05) is 48.5 Å². The molecule has 1 saturated heterocycles. The van der Waals surface area contributed by atoms with Crippen molar-refractivity contribution in [3.8, 4) is 11.1 Å². The quantitative estimate of drug-likeness (QED) is 0.401. The second kappa shape index (κ2) is 10.1. The minimum Gasteiger partial charge on any atom is -0.462 e. The molecule has 0 radical (unpaired) electrons. The van der Waals surface area contributed by atoms with Crippen LogP contribution in [0.3, 0.4) is 0 Å². The topological polar surface area (TPSA) is 44.8 Å². The molecular formula is C25H27N3O2S2. The fourth-order valence-electron chi connectivity index (χ4n) is 3.97. The van der Waals surface area contributed by atoms with Crippen molar-refractivity contribution in [2.75, 3.05) is 43.0 Å². The third kappa shape index (κ3) is 4.79. The van der Waals surface area contributed by atoms with E-state index in [0.29, 0.717) is 17.3 Å². The van der Waals surface area contributed by atoms with Gasteiger partial charge in [-0.05, 0) is 43.8 Å². The van der Waals surface area contributed by atoms with Crippen LogP contribution in [0.25, 0.3) is 11.1 Å². The van der Waals surface area contributed by atoms with Crippen molar-refractivity contribution < 1.29 is 9.53 Å². The minimum absolute atomic E-state index is 0.324. The number of esters is 1. The van der Waals surface area contributed by atoms with Crippen LogP contribution in [0.15, 0.2) is 60.7 Å². The minimum atomic E-state index is -0.324. The molecule has 0 saturated carbocycles. The summed E-state index contributed by atoms with van der Waals surface area (Å²) in [6, 6.07) is 20.4. The van der Waals surface area contributed by atoms with E-state index in [1.165, 1.54) is 5.69 Å². The summed E-state index contributed by atoms with van der Waals surface area (Å²) in [7, 11) is 0. The van der Waals surface area contributed by atoms with Crippen molar-refractivity contribution in [1.82, 2.24) is 4.90 Å². The fourth-order valence-corrected chi connectivity index (χ4v) is 5.38. The first kappa shape index (κ1) is 22.3. The molecule has 0 spiro atoms. The van der Waals surface area contributed by atoms with Gasteiger partial charge < -0.3 is 19.9 Å². The highest BCUT2D eigenvalue weighted by Gasteiger charge is 2.26. The van der Waals surface area contributed by atoms with Gasteiger partial charge in [0.2, 0.25) is 0 Å². The van der Waals surface area contributed by atoms with Crippen LogP contribution >= 0.6 is 23.6 Å². The number of piperazine rings is 1. The predicted octanol–water partition coefficient (Wildman–Crippen LogP) is 5.42. The molecule has 1 aromatic heterocycles. The zero-order valence-electron chi connectivity index (χ0n) is 18.3. The highest BCUT2D eigenvalue weighted by Crippen LogP contribution is 2.40. The number of anilines is 2. The molecule has 0 bridgehead atoms. The van der Waals surface area contributed by atoms with Crippen molar-refractivity contribution in [3.63, 3.8) is 0 Å². The number of thiophene rings is 1. The van der Waals surface area contributed by atoms with Crippen molar-refractivity contribution in [1.29, 1.82) is 0 Å². The van der Waals surface area contributed by atoms with Gasteiger partial charge in [-0.25, -0.2) is 4.79 Å². The Balaban J connectivity index is 1.52. The number of rotatable bonds is 5. The lowest BCUT2D eigenvalue weighted by Gasteiger charge is -2.37. The third-order valence-electron chi connectivity index (χ3n) is 5.53. The molecule has 1 N–H and O–H groups in total. The second-order valence-electron chi connectivity index (χ2n) is 7.56. The summed E-state index contributed by atoms with van der Waals surface area (Å²) in [5, 5.41) is 4.75. The molecule has 3 aromatic rings. The number of para-hydroxylation sites is 1. The van der Waals surface area contributed by atoms with Gasteiger partial charge in [-0.15, -0.1) is 11.3 Å². The highest BCUT2D eigenvalue weighted by molar-refractivity contribution is 7.80. The van der Waals surface area contributed by atoms with Gasteiger partial charge in [-0.3, -0.25) is 0 Å². The number of benzene rings is 2.